The second-order valence-electron chi connectivity index (χ2n) is 5.58. The van der Waals surface area contributed by atoms with Crippen LogP contribution >= 0.6 is 0 Å². The molecule has 0 unspecified atom stereocenters. The van der Waals surface area contributed by atoms with Gasteiger partial charge in [0.15, 0.2) is 5.43 Å². The van der Waals surface area contributed by atoms with Crippen LogP contribution in [-0.2, 0) is 0 Å². The van der Waals surface area contributed by atoms with Gasteiger partial charge in [0.2, 0.25) is 0 Å². The number of para-hydroxylation sites is 2. The van der Waals surface area contributed by atoms with Crippen molar-refractivity contribution in [2.24, 2.45) is 0 Å². The lowest BCUT2D eigenvalue weighted by atomic mass is 10.1. The van der Waals surface area contributed by atoms with Gasteiger partial charge < -0.3 is 9.97 Å². The maximum Gasteiger partial charge on any atom is 0.199 e. The minimum Gasteiger partial charge on any atom is -0.354 e. The van der Waals surface area contributed by atoms with Crippen LogP contribution in [0.15, 0.2) is 65.5 Å². The lowest BCUT2D eigenvalue weighted by molar-refractivity contribution is 1.48. The number of aromatic amines is 2. The Balaban J connectivity index is 2.12. The van der Waals surface area contributed by atoms with E-state index in [1.807, 2.05) is 48.5 Å². The molecule has 5 aromatic rings. The summed E-state index contributed by atoms with van der Waals surface area (Å²) in [5, 5.41) is 3.68. The maximum absolute atomic E-state index is 12.9. The third-order valence-electron chi connectivity index (χ3n) is 4.35. The number of pyridine rings is 1. The van der Waals surface area contributed by atoms with Gasteiger partial charge in [-0.05, 0) is 24.3 Å². The highest BCUT2D eigenvalue weighted by molar-refractivity contribution is 6.17. The highest BCUT2D eigenvalue weighted by Crippen LogP contribution is 2.29. The molecule has 0 fully saturated rings. The monoisotopic (exact) mass is 284 g/mol. The number of aromatic nitrogens is 2. The molecule has 0 saturated carbocycles. The summed E-state index contributed by atoms with van der Waals surface area (Å²) in [6, 6.07) is 19.8. The van der Waals surface area contributed by atoms with Gasteiger partial charge in [0.05, 0.1) is 16.4 Å². The van der Waals surface area contributed by atoms with E-state index in [1.165, 1.54) is 0 Å². The SMILES string of the molecule is O=c1c2ccccc2[nH]c2ccc3c4ccccc4[nH]c3c12. The third-order valence-corrected chi connectivity index (χ3v) is 4.35. The molecule has 0 saturated heterocycles. The van der Waals surface area contributed by atoms with Crippen molar-refractivity contribution in [1.82, 2.24) is 9.97 Å². The van der Waals surface area contributed by atoms with Crippen molar-refractivity contribution in [1.29, 1.82) is 0 Å². The Bertz CT molecular complexity index is 1240. The Kier molecular flexibility index (Phi) is 2.09. The van der Waals surface area contributed by atoms with E-state index in [9.17, 15) is 4.79 Å². The number of rotatable bonds is 0. The van der Waals surface area contributed by atoms with Crippen LogP contribution < -0.4 is 5.43 Å². The van der Waals surface area contributed by atoms with Gasteiger partial charge in [-0.3, -0.25) is 4.79 Å². The smallest absolute Gasteiger partial charge is 0.199 e. The first kappa shape index (κ1) is 11.6. The van der Waals surface area contributed by atoms with E-state index < -0.39 is 0 Å². The zero-order valence-corrected chi connectivity index (χ0v) is 11.7. The van der Waals surface area contributed by atoms with Crippen molar-refractivity contribution in [2.45, 2.75) is 0 Å². The summed E-state index contributed by atoms with van der Waals surface area (Å²) < 4.78 is 0. The average Bonchev–Trinajstić information content (AvgIpc) is 2.93. The molecule has 22 heavy (non-hydrogen) atoms. The molecule has 0 spiro atoms. The van der Waals surface area contributed by atoms with Crippen LogP contribution in [0.4, 0.5) is 0 Å². The predicted molar refractivity (Wildman–Crippen MR) is 91.4 cm³/mol. The van der Waals surface area contributed by atoms with Crippen LogP contribution in [0.1, 0.15) is 0 Å². The summed E-state index contributed by atoms with van der Waals surface area (Å²) in [5.41, 5.74) is 3.77. The number of benzene rings is 3. The Morgan fingerprint density at radius 1 is 0.591 bits per heavy atom. The highest BCUT2D eigenvalue weighted by atomic mass is 16.1. The zero-order chi connectivity index (χ0) is 14.7. The van der Waals surface area contributed by atoms with Gasteiger partial charge in [0.25, 0.3) is 0 Å². The maximum atomic E-state index is 12.9. The van der Waals surface area contributed by atoms with E-state index in [0.717, 1.165) is 43.6 Å². The quantitative estimate of drug-likeness (QED) is 0.409. The van der Waals surface area contributed by atoms with Crippen molar-refractivity contribution in [3.8, 4) is 0 Å². The molecular weight excluding hydrogens is 272 g/mol. The molecule has 0 atom stereocenters. The fourth-order valence-electron chi connectivity index (χ4n) is 3.33. The van der Waals surface area contributed by atoms with E-state index in [1.54, 1.807) is 0 Å². The Morgan fingerprint density at radius 3 is 2.09 bits per heavy atom. The Morgan fingerprint density at radius 2 is 1.27 bits per heavy atom. The first-order chi connectivity index (χ1) is 10.8. The molecule has 0 bridgehead atoms. The summed E-state index contributed by atoms with van der Waals surface area (Å²) in [6.07, 6.45) is 0. The lowest BCUT2D eigenvalue weighted by Crippen LogP contribution is -2.04. The van der Waals surface area contributed by atoms with Crippen LogP contribution in [0.2, 0.25) is 0 Å². The second kappa shape index (κ2) is 3.98. The molecule has 0 aliphatic carbocycles. The molecule has 5 rings (SSSR count). The highest BCUT2D eigenvalue weighted by Gasteiger charge is 2.12. The van der Waals surface area contributed by atoms with Crippen molar-refractivity contribution >= 4 is 43.6 Å². The third kappa shape index (κ3) is 1.37. The fraction of sp³-hybridized carbons (Fsp3) is 0. The van der Waals surface area contributed by atoms with Crippen LogP contribution in [0.5, 0.6) is 0 Å². The number of hydrogen-bond acceptors (Lipinski definition) is 1. The Hall–Kier alpha value is -3.07. The van der Waals surface area contributed by atoms with E-state index in [4.69, 9.17) is 0 Å². The molecule has 0 aliphatic rings. The lowest BCUT2D eigenvalue weighted by Gasteiger charge is -2.03. The van der Waals surface area contributed by atoms with Crippen molar-refractivity contribution in [3.63, 3.8) is 0 Å². The van der Waals surface area contributed by atoms with Gasteiger partial charge in [-0.1, -0.05) is 36.4 Å². The van der Waals surface area contributed by atoms with Crippen molar-refractivity contribution in [2.75, 3.05) is 0 Å². The molecule has 2 heterocycles. The molecule has 0 aliphatic heterocycles. The van der Waals surface area contributed by atoms with E-state index in [-0.39, 0.29) is 5.43 Å². The van der Waals surface area contributed by atoms with Gasteiger partial charge in [-0.2, -0.15) is 0 Å². The number of H-pyrrole nitrogens is 2. The van der Waals surface area contributed by atoms with Gasteiger partial charge in [-0.15, -0.1) is 0 Å². The van der Waals surface area contributed by atoms with Gasteiger partial charge >= 0.3 is 0 Å². The van der Waals surface area contributed by atoms with E-state index >= 15 is 0 Å². The second-order valence-corrected chi connectivity index (χ2v) is 5.58. The number of fused-ring (bicyclic) bond motifs is 6. The van der Waals surface area contributed by atoms with Crippen LogP contribution in [0, 0.1) is 0 Å². The summed E-state index contributed by atoms with van der Waals surface area (Å²) in [6.45, 7) is 0. The molecule has 2 N–H and O–H groups in total. The van der Waals surface area contributed by atoms with Crippen LogP contribution in [0.25, 0.3) is 43.6 Å². The summed E-state index contributed by atoms with van der Waals surface area (Å²) in [5.74, 6) is 0. The molecule has 2 aromatic heterocycles. The van der Waals surface area contributed by atoms with Crippen molar-refractivity contribution in [3.05, 3.63) is 70.9 Å². The average molecular weight is 284 g/mol. The summed E-state index contributed by atoms with van der Waals surface area (Å²) in [7, 11) is 0. The minimum absolute atomic E-state index is 0.0708. The Labute approximate surface area is 125 Å². The molecule has 3 nitrogen and oxygen atoms in total. The summed E-state index contributed by atoms with van der Waals surface area (Å²) >= 11 is 0. The molecule has 104 valence electrons. The first-order valence-corrected chi connectivity index (χ1v) is 7.27. The number of hydrogen-bond donors (Lipinski definition) is 2. The van der Waals surface area contributed by atoms with Gasteiger partial charge in [0.1, 0.15) is 0 Å². The minimum atomic E-state index is 0.0708. The largest absolute Gasteiger partial charge is 0.354 e. The fourth-order valence-corrected chi connectivity index (χ4v) is 3.33. The van der Waals surface area contributed by atoms with Crippen molar-refractivity contribution < 1.29 is 0 Å². The van der Waals surface area contributed by atoms with Crippen LogP contribution in [-0.4, -0.2) is 9.97 Å². The standard InChI is InChI=1S/C19H12N2O/c22-19-13-6-2-4-8-15(13)20-16-10-9-12-11-5-1-3-7-14(11)21-18(12)17(16)19/h1-10,21H,(H,20,22). The van der Waals surface area contributed by atoms with Crippen LogP contribution in [0.3, 0.4) is 0 Å². The van der Waals surface area contributed by atoms with Gasteiger partial charge in [0, 0.05) is 27.2 Å². The molecular formula is C19H12N2O. The first-order valence-electron chi connectivity index (χ1n) is 7.27. The normalized spacial score (nSPS) is 11.8. The molecule has 3 heteroatoms. The summed E-state index contributed by atoms with van der Waals surface area (Å²) in [4.78, 5) is 19.7. The zero-order valence-electron chi connectivity index (χ0n) is 11.7. The topological polar surface area (TPSA) is 48.6 Å². The predicted octanol–water partition coefficient (Wildman–Crippen LogP) is 4.32. The molecule has 0 amide bonds. The van der Waals surface area contributed by atoms with E-state index in [0.29, 0.717) is 0 Å². The number of nitrogens with one attached hydrogen (secondary N) is 2. The molecule has 0 radical (unpaired) electrons. The van der Waals surface area contributed by atoms with Gasteiger partial charge in [-0.25, -0.2) is 0 Å². The van der Waals surface area contributed by atoms with E-state index in [2.05, 4.69) is 22.1 Å². The molecule has 3 aromatic carbocycles.